The zero-order valence-corrected chi connectivity index (χ0v) is 15.4. The lowest BCUT2D eigenvalue weighted by Gasteiger charge is -2.08. The van der Waals surface area contributed by atoms with Gasteiger partial charge in [-0.05, 0) is 24.6 Å². The summed E-state index contributed by atoms with van der Waals surface area (Å²) in [5, 5.41) is 0. The number of carbonyl (C=O) groups is 2. The Morgan fingerprint density at radius 2 is 1.69 bits per heavy atom. The molecule has 7 nitrogen and oxygen atoms in total. The van der Waals surface area contributed by atoms with Gasteiger partial charge in [-0.15, -0.1) is 11.3 Å². The Balaban J connectivity index is 2.58. The second-order valence-electron chi connectivity index (χ2n) is 4.94. The van der Waals surface area contributed by atoms with Crippen molar-refractivity contribution in [3.05, 3.63) is 45.8 Å². The molecule has 0 spiro atoms. The number of hydrogen-bond acceptors (Lipinski definition) is 7. The van der Waals surface area contributed by atoms with Crippen LogP contribution in [0, 0.1) is 18.6 Å². The van der Waals surface area contributed by atoms with Gasteiger partial charge in [0, 0.05) is 6.07 Å². The summed E-state index contributed by atoms with van der Waals surface area (Å²) in [6.07, 6.45) is 0. The highest BCUT2D eigenvalue weighted by atomic mass is 32.2. The number of anilines is 1. The number of sulfonamides is 1. The fourth-order valence-electron chi connectivity index (χ4n) is 2.06. The summed E-state index contributed by atoms with van der Waals surface area (Å²) in [4.78, 5) is 23.7. The largest absolute Gasteiger partial charge is 0.465 e. The SMILES string of the molecule is COC(=O)c1sc(S(=O)(=O)Nc2ccc(F)c(F)c2)c(C(=O)OC)c1C. The number of rotatable bonds is 5. The summed E-state index contributed by atoms with van der Waals surface area (Å²) < 4.78 is 62.2. The predicted octanol–water partition coefficient (Wildman–Crippen LogP) is 2.71. The maximum Gasteiger partial charge on any atom is 0.348 e. The van der Waals surface area contributed by atoms with Crippen molar-refractivity contribution in [2.24, 2.45) is 0 Å². The Bertz CT molecular complexity index is 984. The molecule has 0 fully saturated rings. The molecule has 0 unspecified atom stereocenters. The number of esters is 2. The van der Waals surface area contributed by atoms with E-state index in [-0.39, 0.29) is 21.7 Å². The van der Waals surface area contributed by atoms with Gasteiger partial charge in [-0.2, -0.15) is 0 Å². The first-order chi connectivity index (χ1) is 12.1. The molecule has 1 aromatic carbocycles. The fraction of sp³-hybridized carbons (Fsp3) is 0.200. The lowest BCUT2D eigenvalue weighted by molar-refractivity contribution is 0.0596. The lowest BCUT2D eigenvalue weighted by atomic mass is 10.2. The molecule has 1 N–H and O–H groups in total. The first-order valence-electron chi connectivity index (χ1n) is 6.90. The number of thiophene rings is 1. The van der Waals surface area contributed by atoms with E-state index in [1.165, 1.54) is 6.92 Å². The monoisotopic (exact) mass is 405 g/mol. The summed E-state index contributed by atoms with van der Waals surface area (Å²) in [5.41, 5.74) is -0.530. The standard InChI is InChI=1S/C15H13F2NO6S2/c1-7-11(13(19)23-2)15(25-12(7)14(20)24-3)26(21,22)18-8-4-5-9(16)10(17)6-8/h4-6,18H,1-3H3. The zero-order valence-electron chi connectivity index (χ0n) is 13.8. The molecule has 1 aromatic heterocycles. The molecule has 0 amide bonds. The molecule has 2 aromatic rings. The van der Waals surface area contributed by atoms with Crippen molar-refractivity contribution < 1.29 is 36.3 Å². The van der Waals surface area contributed by atoms with Gasteiger partial charge in [0.15, 0.2) is 15.8 Å². The molecule has 0 saturated heterocycles. The summed E-state index contributed by atoms with van der Waals surface area (Å²) in [6.45, 7) is 1.37. The molecule has 0 aliphatic carbocycles. The fourth-order valence-corrected chi connectivity index (χ4v) is 4.86. The molecular weight excluding hydrogens is 392 g/mol. The Morgan fingerprint density at radius 1 is 1.08 bits per heavy atom. The normalized spacial score (nSPS) is 11.1. The summed E-state index contributed by atoms with van der Waals surface area (Å²) >= 11 is 0.502. The Hall–Kier alpha value is -2.53. The number of methoxy groups -OCH3 is 2. The van der Waals surface area contributed by atoms with Crippen molar-refractivity contribution in [2.75, 3.05) is 18.9 Å². The predicted molar refractivity (Wildman–Crippen MR) is 88.9 cm³/mol. The van der Waals surface area contributed by atoms with Crippen LogP contribution in [-0.4, -0.2) is 34.6 Å². The molecule has 0 saturated carbocycles. The highest BCUT2D eigenvalue weighted by molar-refractivity contribution is 7.94. The molecule has 1 heterocycles. The maximum atomic E-state index is 13.3. The third-order valence-electron chi connectivity index (χ3n) is 3.29. The van der Waals surface area contributed by atoms with Crippen LogP contribution in [0.4, 0.5) is 14.5 Å². The van der Waals surface area contributed by atoms with Crippen molar-refractivity contribution in [1.29, 1.82) is 0 Å². The van der Waals surface area contributed by atoms with Crippen molar-refractivity contribution >= 4 is 39.0 Å². The average molecular weight is 405 g/mol. The van der Waals surface area contributed by atoms with Crippen LogP contribution >= 0.6 is 11.3 Å². The minimum absolute atomic E-state index is 0.0689. The van der Waals surface area contributed by atoms with Gasteiger partial charge in [-0.1, -0.05) is 0 Å². The molecule has 0 bridgehead atoms. The zero-order chi connectivity index (χ0) is 19.6. The van der Waals surface area contributed by atoms with Crippen LogP contribution in [0.1, 0.15) is 25.6 Å². The summed E-state index contributed by atoms with van der Waals surface area (Å²) in [7, 11) is -2.25. The van der Waals surface area contributed by atoms with Crippen LogP contribution < -0.4 is 4.72 Å². The second-order valence-corrected chi connectivity index (χ2v) is 7.83. The van der Waals surface area contributed by atoms with Crippen LogP contribution in [0.2, 0.25) is 0 Å². The number of halogens is 2. The third-order valence-corrected chi connectivity index (χ3v) is 6.46. The topological polar surface area (TPSA) is 98.8 Å². The number of benzene rings is 1. The van der Waals surface area contributed by atoms with Gasteiger partial charge < -0.3 is 9.47 Å². The molecule has 140 valence electrons. The van der Waals surface area contributed by atoms with E-state index in [0.717, 1.165) is 26.4 Å². The summed E-state index contributed by atoms with van der Waals surface area (Å²) in [5.74, 6) is -4.20. The van der Waals surface area contributed by atoms with Gasteiger partial charge in [-0.3, -0.25) is 4.72 Å². The van der Waals surface area contributed by atoms with Gasteiger partial charge in [0.2, 0.25) is 0 Å². The minimum atomic E-state index is -4.40. The highest BCUT2D eigenvalue weighted by Gasteiger charge is 2.32. The first-order valence-corrected chi connectivity index (χ1v) is 9.20. The van der Waals surface area contributed by atoms with Crippen molar-refractivity contribution in [1.82, 2.24) is 0 Å². The van der Waals surface area contributed by atoms with Crippen LogP contribution in [0.3, 0.4) is 0 Å². The van der Waals surface area contributed by atoms with E-state index in [0.29, 0.717) is 17.4 Å². The molecule has 0 aliphatic heterocycles. The smallest absolute Gasteiger partial charge is 0.348 e. The summed E-state index contributed by atoms with van der Waals surface area (Å²) in [6, 6.07) is 2.40. The Labute approximate surface area is 151 Å². The molecule has 0 atom stereocenters. The molecule has 11 heteroatoms. The third kappa shape index (κ3) is 3.68. The van der Waals surface area contributed by atoms with E-state index >= 15 is 0 Å². The molecule has 2 rings (SSSR count). The quantitative estimate of drug-likeness (QED) is 0.768. The molecular formula is C15H13F2NO6S2. The Kier molecular flexibility index (Phi) is 5.62. The highest BCUT2D eigenvalue weighted by Crippen LogP contribution is 2.34. The van der Waals surface area contributed by atoms with Crippen LogP contribution in [0.15, 0.2) is 22.4 Å². The number of nitrogens with one attached hydrogen (secondary N) is 1. The van der Waals surface area contributed by atoms with Crippen LogP contribution in [0.5, 0.6) is 0 Å². The number of carbonyl (C=O) groups excluding carboxylic acids is 2. The van der Waals surface area contributed by atoms with Gasteiger partial charge in [0.1, 0.15) is 4.88 Å². The van der Waals surface area contributed by atoms with E-state index in [1.807, 2.05) is 4.72 Å². The van der Waals surface area contributed by atoms with E-state index in [1.54, 1.807) is 0 Å². The van der Waals surface area contributed by atoms with Gasteiger partial charge in [0.25, 0.3) is 10.0 Å². The molecule has 0 aliphatic rings. The number of hydrogen-bond donors (Lipinski definition) is 1. The maximum absolute atomic E-state index is 13.3. The first kappa shape index (κ1) is 19.8. The van der Waals surface area contributed by atoms with Crippen molar-refractivity contribution in [3.63, 3.8) is 0 Å². The van der Waals surface area contributed by atoms with E-state index in [9.17, 15) is 26.8 Å². The average Bonchev–Trinajstić information content (AvgIpc) is 2.95. The van der Waals surface area contributed by atoms with Gasteiger partial charge in [-0.25, -0.2) is 26.8 Å². The molecule has 0 radical (unpaired) electrons. The van der Waals surface area contributed by atoms with E-state index in [4.69, 9.17) is 0 Å². The van der Waals surface area contributed by atoms with E-state index < -0.39 is 37.8 Å². The second kappa shape index (κ2) is 7.38. The van der Waals surface area contributed by atoms with E-state index in [2.05, 4.69) is 9.47 Å². The van der Waals surface area contributed by atoms with Gasteiger partial charge >= 0.3 is 11.9 Å². The Morgan fingerprint density at radius 3 is 2.23 bits per heavy atom. The van der Waals surface area contributed by atoms with Crippen LogP contribution in [0.25, 0.3) is 0 Å². The van der Waals surface area contributed by atoms with Crippen molar-refractivity contribution in [3.8, 4) is 0 Å². The van der Waals surface area contributed by atoms with Crippen molar-refractivity contribution in [2.45, 2.75) is 11.1 Å². The minimum Gasteiger partial charge on any atom is -0.465 e. The van der Waals surface area contributed by atoms with Crippen LogP contribution in [-0.2, 0) is 19.5 Å². The molecule has 26 heavy (non-hydrogen) atoms. The number of ether oxygens (including phenoxy) is 2. The van der Waals surface area contributed by atoms with Gasteiger partial charge in [0.05, 0.1) is 25.5 Å². The lowest BCUT2D eigenvalue weighted by Crippen LogP contribution is -2.16.